The Labute approximate surface area is 156 Å². The number of phenolic OH excluding ortho intramolecular Hbond substituents is 6. The normalized spacial score (nSPS) is 11.0. The molecular formula is C16H14N4O8. The fraction of sp³-hybridized carbons (Fsp3) is 0. The highest BCUT2D eigenvalue weighted by Gasteiger charge is 2.12. The Morgan fingerprint density at radius 3 is 1.21 bits per heavy atom. The average Bonchev–Trinajstić information content (AvgIpc) is 2.63. The maximum atomic E-state index is 11.6. The number of hydrazone groups is 2. The van der Waals surface area contributed by atoms with Gasteiger partial charge in [0, 0.05) is 11.1 Å². The van der Waals surface area contributed by atoms with E-state index in [2.05, 4.69) is 10.2 Å². The van der Waals surface area contributed by atoms with E-state index in [1.165, 1.54) is 0 Å². The molecule has 146 valence electrons. The summed E-state index contributed by atoms with van der Waals surface area (Å²) in [6, 6.07) is 4.21. The first-order chi connectivity index (χ1) is 13.2. The number of aromatic hydroxyl groups is 6. The molecule has 0 fully saturated rings. The topological polar surface area (TPSA) is 204 Å². The fourth-order valence-electron chi connectivity index (χ4n) is 1.83. The molecule has 0 atom stereocenters. The second-order valence-electron chi connectivity index (χ2n) is 5.21. The first-order valence-electron chi connectivity index (χ1n) is 7.35. The van der Waals surface area contributed by atoms with Crippen LogP contribution in [0.5, 0.6) is 34.5 Å². The summed E-state index contributed by atoms with van der Waals surface area (Å²) in [7, 11) is 0. The molecule has 0 saturated heterocycles. The van der Waals surface area contributed by atoms with Crippen molar-refractivity contribution in [3.05, 3.63) is 35.4 Å². The van der Waals surface area contributed by atoms with Crippen LogP contribution in [0.4, 0.5) is 0 Å². The number of nitrogens with zero attached hydrogens (tertiary/aromatic N) is 2. The van der Waals surface area contributed by atoms with E-state index in [1.54, 1.807) is 0 Å². The summed E-state index contributed by atoms with van der Waals surface area (Å²) < 4.78 is 0. The fourth-order valence-corrected chi connectivity index (χ4v) is 1.83. The number of hydrogen-bond donors (Lipinski definition) is 8. The molecule has 0 heterocycles. The van der Waals surface area contributed by atoms with Crippen LogP contribution in [0.3, 0.4) is 0 Å². The molecule has 0 radical (unpaired) electrons. The second-order valence-corrected chi connectivity index (χ2v) is 5.21. The molecule has 0 aromatic heterocycles. The van der Waals surface area contributed by atoms with E-state index in [-0.39, 0.29) is 11.1 Å². The third-order valence-electron chi connectivity index (χ3n) is 3.15. The molecular weight excluding hydrogens is 376 g/mol. The molecule has 12 heteroatoms. The molecule has 8 N–H and O–H groups in total. The van der Waals surface area contributed by atoms with Gasteiger partial charge >= 0.3 is 11.8 Å². The Morgan fingerprint density at radius 1 is 0.643 bits per heavy atom. The summed E-state index contributed by atoms with van der Waals surface area (Å²) in [5, 5.41) is 62.6. The molecule has 28 heavy (non-hydrogen) atoms. The molecule has 0 aliphatic rings. The largest absolute Gasteiger partial charge is 0.504 e. The van der Waals surface area contributed by atoms with Crippen molar-refractivity contribution in [2.24, 2.45) is 10.2 Å². The molecule has 0 spiro atoms. The monoisotopic (exact) mass is 390 g/mol. The van der Waals surface area contributed by atoms with Crippen molar-refractivity contribution >= 4 is 24.2 Å². The van der Waals surface area contributed by atoms with Gasteiger partial charge in [0.15, 0.2) is 34.5 Å². The number of hydrogen-bond acceptors (Lipinski definition) is 10. The minimum absolute atomic E-state index is 0.124. The minimum atomic E-state index is -1.20. The van der Waals surface area contributed by atoms with Crippen LogP contribution in [0.2, 0.25) is 0 Å². The van der Waals surface area contributed by atoms with Crippen LogP contribution in [0.15, 0.2) is 34.5 Å². The highest BCUT2D eigenvalue weighted by Crippen LogP contribution is 2.35. The van der Waals surface area contributed by atoms with E-state index >= 15 is 0 Å². The maximum Gasteiger partial charge on any atom is 0.331 e. The van der Waals surface area contributed by atoms with E-state index < -0.39 is 46.3 Å². The summed E-state index contributed by atoms with van der Waals surface area (Å²) in [6.45, 7) is 0. The van der Waals surface area contributed by atoms with E-state index in [9.17, 15) is 40.2 Å². The zero-order valence-electron chi connectivity index (χ0n) is 13.9. The van der Waals surface area contributed by atoms with Crippen LogP contribution in [-0.2, 0) is 9.59 Å². The number of nitrogens with one attached hydrogen (secondary N) is 2. The Kier molecular flexibility index (Phi) is 5.86. The summed E-state index contributed by atoms with van der Waals surface area (Å²) in [4.78, 5) is 23.1. The maximum absolute atomic E-state index is 11.6. The lowest BCUT2D eigenvalue weighted by molar-refractivity contribution is -0.139. The number of rotatable bonds is 4. The first-order valence-corrected chi connectivity index (χ1v) is 7.35. The number of carbonyl (C=O) groups excluding carboxylic acids is 2. The van der Waals surface area contributed by atoms with E-state index in [0.29, 0.717) is 0 Å². The predicted octanol–water partition coefficient (Wildman–Crippen LogP) is -0.479. The second kappa shape index (κ2) is 8.27. The van der Waals surface area contributed by atoms with Crippen molar-refractivity contribution in [2.45, 2.75) is 0 Å². The highest BCUT2D eigenvalue weighted by atomic mass is 16.3. The lowest BCUT2D eigenvalue weighted by Gasteiger charge is -2.02. The molecule has 0 aliphatic carbocycles. The van der Waals surface area contributed by atoms with Gasteiger partial charge in [-0.05, 0) is 24.3 Å². The lowest BCUT2D eigenvalue weighted by Crippen LogP contribution is -2.35. The van der Waals surface area contributed by atoms with Crippen LogP contribution in [0, 0.1) is 0 Å². The lowest BCUT2D eigenvalue weighted by atomic mass is 10.2. The zero-order valence-corrected chi connectivity index (χ0v) is 13.9. The SMILES string of the molecule is O=C(N/N=C/c1cc(O)c(O)c(O)c1)C(=O)N/N=C/c1cc(O)c(O)c(O)c1. The number of benzene rings is 2. The average molecular weight is 390 g/mol. The molecule has 2 rings (SSSR count). The quantitative estimate of drug-likeness (QED) is 0.148. The Balaban J connectivity index is 1.92. The van der Waals surface area contributed by atoms with Gasteiger partial charge in [-0.25, -0.2) is 10.9 Å². The molecule has 2 aromatic carbocycles. The number of carbonyl (C=O) groups is 2. The molecule has 0 unspecified atom stereocenters. The van der Waals surface area contributed by atoms with Crippen LogP contribution >= 0.6 is 0 Å². The summed E-state index contributed by atoms with van der Waals surface area (Å²) in [5.74, 6) is -6.24. The molecule has 2 amide bonds. The molecule has 12 nitrogen and oxygen atoms in total. The van der Waals surface area contributed by atoms with Gasteiger partial charge in [0.25, 0.3) is 0 Å². The van der Waals surface area contributed by atoms with Crippen molar-refractivity contribution in [1.82, 2.24) is 10.9 Å². The standard InChI is InChI=1S/C16H14N4O8/c21-9-1-7(2-10(22)13(9)25)5-17-19-15(27)16(28)20-18-6-8-3-11(23)14(26)12(24)4-8/h1-6,21-26H,(H,19,27)(H,20,28)/b17-5+,18-6+. The number of phenols is 6. The third-order valence-corrected chi connectivity index (χ3v) is 3.15. The van der Waals surface area contributed by atoms with Crippen molar-refractivity contribution in [3.63, 3.8) is 0 Å². The van der Waals surface area contributed by atoms with Gasteiger partial charge in [0.2, 0.25) is 0 Å². The number of amides is 2. The van der Waals surface area contributed by atoms with Crippen molar-refractivity contribution < 1.29 is 40.2 Å². The van der Waals surface area contributed by atoms with Crippen LogP contribution in [-0.4, -0.2) is 54.9 Å². The predicted molar refractivity (Wildman–Crippen MR) is 94.3 cm³/mol. The summed E-state index contributed by atoms with van der Waals surface area (Å²) >= 11 is 0. The van der Waals surface area contributed by atoms with Gasteiger partial charge in [0.1, 0.15) is 0 Å². The van der Waals surface area contributed by atoms with Gasteiger partial charge in [-0.3, -0.25) is 9.59 Å². The van der Waals surface area contributed by atoms with Gasteiger partial charge < -0.3 is 30.6 Å². The van der Waals surface area contributed by atoms with Gasteiger partial charge in [0.05, 0.1) is 12.4 Å². The van der Waals surface area contributed by atoms with E-state index in [1.807, 2.05) is 10.9 Å². The third kappa shape index (κ3) is 4.78. The highest BCUT2D eigenvalue weighted by molar-refractivity contribution is 6.35. The van der Waals surface area contributed by atoms with E-state index in [4.69, 9.17) is 0 Å². The van der Waals surface area contributed by atoms with Crippen molar-refractivity contribution in [1.29, 1.82) is 0 Å². The van der Waals surface area contributed by atoms with Crippen LogP contribution < -0.4 is 10.9 Å². The minimum Gasteiger partial charge on any atom is -0.504 e. The Morgan fingerprint density at radius 2 is 0.929 bits per heavy atom. The van der Waals surface area contributed by atoms with Gasteiger partial charge in [-0.15, -0.1) is 0 Å². The zero-order chi connectivity index (χ0) is 20.8. The van der Waals surface area contributed by atoms with Crippen LogP contribution in [0.1, 0.15) is 11.1 Å². The van der Waals surface area contributed by atoms with E-state index in [0.717, 1.165) is 36.7 Å². The molecule has 0 bridgehead atoms. The van der Waals surface area contributed by atoms with Gasteiger partial charge in [-0.1, -0.05) is 0 Å². The molecule has 2 aromatic rings. The smallest absolute Gasteiger partial charge is 0.331 e. The summed E-state index contributed by atoms with van der Waals surface area (Å²) in [5.41, 5.74) is 3.98. The Bertz CT molecular complexity index is 861. The molecule has 0 saturated carbocycles. The van der Waals surface area contributed by atoms with Gasteiger partial charge in [-0.2, -0.15) is 10.2 Å². The first kappa shape index (κ1) is 19.8. The van der Waals surface area contributed by atoms with Crippen molar-refractivity contribution in [3.8, 4) is 34.5 Å². The summed E-state index contributed by atoms with van der Waals surface area (Å²) in [6.07, 6.45) is 1.99. The Hall–Kier alpha value is -4.48. The van der Waals surface area contributed by atoms with Crippen molar-refractivity contribution in [2.75, 3.05) is 0 Å². The van der Waals surface area contributed by atoms with Crippen LogP contribution in [0.25, 0.3) is 0 Å². The molecule has 0 aliphatic heterocycles.